The van der Waals surface area contributed by atoms with E-state index in [9.17, 15) is 18.4 Å². The predicted molar refractivity (Wildman–Crippen MR) is 84.1 cm³/mol. The Morgan fingerprint density at radius 2 is 2.20 bits per heavy atom. The van der Waals surface area contributed by atoms with Crippen molar-refractivity contribution in [1.82, 2.24) is 14.7 Å². The van der Waals surface area contributed by atoms with Gasteiger partial charge in [-0.2, -0.15) is 5.10 Å². The molecule has 1 amide bonds. The van der Waals surface area contributed by atoms with Gasteiger partial charge in [-0.3, -0.25) is 4.79 Å². The van der Waals surface area contributed by atoms with Gasteiger partial charge in [0.15, 0.2) is 5.82 Å². The first-order valence-electron chi connectivity index (χ1n) is 7.93. The fourth-order valence-corrected chi connectivity index (χ4v) is 2.78. The molecule has 0 spiro atoms. The summed E-state index contributed by atoms with van der Waals surface area (Å²) in [5.74, 6) is -2.05. The van der Waals surface area contributed by atoms with Gasteiger partial charge in [0.1, 0.15) is 11.5 Å². The van der Waals surface area contributed by atoms with E-state index in [1.807, 2.05) is 6.92 Å². The second-order valence-electron chi connectivity index (χ2n) is 5.87. The van der Waals surface area contributed by atoms with Crippen molar-refractivity contribution in [3.63, 3.8) is 0 Å². The van der Waals surface area contributed by atoms with E-state index in [0.717, 1.165) is 16.8 Å². The van der Waals surface area contributed by atoms with E-state index in [2.05, 4.69) is 5.10 Å². The number of amides is 1. The molecule has 3 rings (SSSR count). The number of aromatic nitrogens is 2. The molecule has 2 heterocycles. The van der Waals surface area contributed by atoms with E-state index in [1.165, 1.54) is 18.5 Å². The molecule has 0 N–H and O–H groups in total. The van der Waals surface area contributed by atoms with Crippen molar-refractivity contribution >= 4 is 11.9 Å². The number of carbonyl (C=O) groups is 2. The zero-order valence-electron chi connectivity index (χ0n) is 13.6. The molecule has 1 atom stereocenters. The van der Waals surface area contributed by atoms with Crippen LogP contribution in [0.25, 0.3) is 5.69 Å². The van der Waals surface area contributed by atoms with Gasteiger partial charge >= 0.3 is 5.97 Å². The van der Waals surface area contributed by atoms with E-state index in [1.54, 1.807) is 4.90 Å². The molecule has 1 saturated heterocycles. The Balaban J connectivity index is 1.62. The third-order valence-corrected chi connectivity index (χ3v) is 4.10. The Labute approximate surface area is 143 Å². The molecule has 1 aromatic heterocycles. The van der Waals surface area contributed by atoms with Crippen LogP contribution >= 0.6 is 0 Å². The molecule has 1 aromatic carbocycles. The molecular formula is C17H17F2N3O3. The van der Waals surface area contributed by atoms with Gasteiger partial charge in [0.05, 0.1) is 18.4 Å². The van der Waals surface area contributed by atoms with Gasteiger partial charge in [0, 0.05) is 37.7 Å². The van der Waals surface area contributed by atoms with Gasteiger partial charge in [-0.15, -0.1) is 0 Å². The van der Waals surface area contributed by atoms with Crippen LogP contribution in [-0.2, 0) is 9.53 Å². The Morgan fingerprint density at radius 3 is 2.88 bits per heavy atom. The minimum absolute atomic E-state index is 0.0269. The first-order chi connectivity index (χ1) is 12.0. The number of benzene rings is 1. The van der Waals surface area contributed by atoms with Crippen LogP contribution in [0.4, 0.5) is 8.78 Å². The highest BCUT2D eigenvalue weighted by molar-refractivity contribution is 5.89. The van der Waals surface area contributed by atoms with Crippen LogP contribution in [0.15, 0.2) is 30.6 Å². The topological polar surface area (TPSA) is 64.4 Å². The normalized spacial score (nSPS) is 17.2. The van der Waals surface area contributed by atoms with Crippen molar-refractivity contribution in [1.29, 1.82) is 0 Å². The number of esters is 1. The van der Waals surface area contributed by atoms with E-state index in [0.29, 0.717) is 19.5 Å². The van der Waals surface area contributed by atoms with E-state index >= 15 is 0 Å². The third kappa shape index (κ3) is 3.67. The summed E-state index contributed by atoms with van der Waals surface area (Å²) in [6.07, 6.45) is 2.93. The van der Waals surface area contributed by atoms with Gasteiger partial charge in [-0.1, -0.05) is 0 Å². The highest BCUT2D eigenvalue weighted by atomic mass is 19.1. The fraction of sp³-hybridized carbons (Fsp3) is 0.353. The molecule has 0 unspecified atom stereocenters. The highest BCUT2D eigenvalue weighted by Crippen LogP contribution is 2.19. The molecular weight excluding hydrogens is 332 g/mol. The van der Waals surface area contributed by atoms with E-state index in [-0.39, 0.29) is 29.7 Å². The molecule has 0 saturated carbocycles. The van der Waals surface area contributed by atoms with Crippen molar-refractivity contribution in [2.24, 2.45) is 5.92 Å². The standard InChI is InChI=1S/C17H17F2N3O3/c1-2-21-8-11(5-16(21)23)10-25-17(24)12-7-20-22(9-12)15-4-3-13(18)6-14(15)19/h3-4,6-7,9,11H,2,5,8,10H2,1H3/t11-/m1/s1. The summed E-state index contributed by atoms with van der Waals surface area (Å²) in [5.41, 5.74) is 0.181. The number of likely N-dealkylation sites (tertiary alicyclic amines) is 1. The quantitative estimate of drug-likeness (QED) is 0.776. The first-order valence-corrected chi connectivity index (χ1v) is 7.93. The predicted octanol–water partition coefficient (Wildman–Crippen LogP) is 2.18. The summed E-state index contributed by atoms with van der Waals surface area (Å²) in [4.78, 5) is 25.5. The molecule has 2 aromatic rings. The zero-order chi connectivity index (χ0) is 18.0. The van der Waals surface area contributed by atoms with E-state index in [4.69, 9.17) is 4.74 Å². The number of carbonyl (C=O) groups excluding carboxylic acids is 2. The van der Waals surface area contributed by atoms with Gasteiger partial charge < -0.3 is 9.64 Å². The lowest BCUT2D eigenvalue weighted by Gasteiger charge is -2.13. The lowest BCUT2D eigenvalue weighted by Crippen LogP contribution is -2.25. The Hall–Kier alpha value is -2.77. The summed E-state index contributed by atoms with van der Waals surface area (Å²) in [7, 11) is 0. The van der Waals surface area contributed by atoms with Gasteiger partial charge in [0.2, 0.25) is 5.91 Å². The molecule has 1 fully saturated rings. The summed E-state index contributed by atoms with van der Waals surface area (Å²) >= 11 is 0. The van der Waals surface area contributed by atoms with Crippen molar-refractivity contribution in [3.8, 4) is 5.69 Å². The number of hydrogen-bond acceptors (Lipinski definition) is 4. The SMILES string of the molecule is CCN1C[C@H](COC(=O)c2cnn(-c3ccc(F)cc3F)c2)CC1=O. The number of nitrogens with zero attached hydrogens (tertiary/aromatic N) is 3. The van der Waals surface area contributed by atoms with Crippen LogP contribution in [0.5, 0.6) is 0 Å². The fourth-order valence-electron chi connectivity index (χ4n) is 2.78. The number of hydrogen-bond donors (Lipinski definition) is 0. The van der Waals surface area contributed by atoms with Crippen molar-refractivity contribution in [2.75, 3.05) is 19.7 Å². The smallest absolute Gasteiger partial charge is 0.341 e. The third-order valence-electron chi connectivity index (χ3n) is 4.10. The first kappa shape index (κ1) is 17.1. The van der Waals surface area contributed by atoms with Gasteiger partial charge in [0.25, 0.3) is 0 Å². The largest absolute Gasteiger partial charge is 0.462 e. The maximum atomic E-state index is 13.8. The van der Waals surface area contributed by atoms with Crippen LogP contribution in [-0.4, -0.2) is 46.3 Å². The van der Waals surface area contributed by atoms with Crippen LogP contribution in [0.1, 0.15) is 23.7 Å². The molecule has 0 bridgehead atoms. The number of ether oxygens (including phenoxy) is 1. The van der Waals surface area contributed by atoms with Crippen LogP contribution in [0.2, 0.25) is 0 Å². The maximum absolute atomic E-state index is 13.8. The van der Waals surface area contributed by atoms with Crippen LogP contribution in [0, 0.1) is 17.6 Å². The average Bonchev–Trinajstić information content (AvgIpc) is 3.19. The maximum Gasteiger partial charge on any atom is 0.341 e. The van der Waals surface area contributed by atoms with Gasteiger partial charge in [-0.05, 0) is 19.1 Å². The van der Waals surface area contributed by atoms with Crippen LogP contribution in [0.3, 0.4) is 0 Å². The highest BCUT2D eigenvalue weighted by Gasteiger charge is 2.29. The molecule has 0 aliphatic carbocycles. The molecule has 1 aliphatic heterocycles. The second-order valence-corrected chi connectivity index (χ2v) is 5.87. The van der Waals surface area contributed by atoms with Crippen LogP contribution < -0.4 is 0 Å². The summed E-state index contributed by atoms with van der Waals surface area (Å²) in [5, 5.41) is 3.91. The van der Waals surface area contributed by atoms with Gasteiger partial charge in [-0.25, -0.2) is 18.3 Å². The minimum Gasteiger partial charge on any atom is -0.462 e. The minimum atomic E-state index is -0.785. The average molecular weight is 349 g/mol. The number of rotatable bonds is 5. The van der Waals surface area contributed by atoms with E-state index < -0.39 is 17.6 Å². The summed E-state index contributed by atoms with van der Waals surface area (Å²) in [6, 6.07) is 3.08. The lowest BCUT2D eigenvalue weighted by atomic mass is 10.1. The monoisotopic (exact) mass is 349 g/mol. The summed E-state index contributed by atoms with van der Waals surface area (Å²) < 4.78 is 33.1. The summed E-state index contributed by atoms with van der Waals surface area (Å²) in [6.45, 7) is 3.24. The Morgan fingerprint density at radius 1 is 1.40 bits per heavy atom. The van der Waals surface area contributed by atoms with Crippen molar-refractivity contribution in [3.05, 3.63) is 47.8 Å². The molecule has 6 nitrogen and oxygen atoms in total. The second kappa shape index (κ2) is 7.00. The molecule has 132 valence electrons. The Kier molecular flexibility index (Phi) is 4.78. The van der Waals surface area contributed by atoms with Crippen molar-refractivity contribution < 1.29 is 23.1 Å². The number of halogens is 2. The van der Waals surface area contributed by atoms with Crippen molar-refractivity contribution in [2.45, 2.75) is 13.3 Å². The Bertz CT molecular complexity index is 806. The molecule has 0 radical (unpaired) electrons. The molecule has 1 aliphatic rings. The molecule has 8 heteroatoms. The lowest BCUT2D eigenvalue weighted by molar-refractivity contribution is -0.127. The zero-order valence-corrected chi connectivity index (χ0v) is 13.6. The molecule has 25 heavy (non-hydrogen) atoms.